The highest BCUT2D eigenvalue weighted by molar-refractivity contribution is 5.93. The van der Waals surface area contributed by atoms with Gasteiger partial charge in [-0.25, -0.2) is 0 Å². The average molecular weight is 453 g/mol. The van der Waals surface area contributed by atoms with Crippen molar-refractivity contribution >= 4 is 17.7 Å². The predicted octanol–water partition coefficient (Wildman–Crippen LogP) is 2.07. The number of rotatable bonds is 9. The monoisotopic (exact) mass is 452 g/mol. The fraction of sp³-hybridized carbons (Fsp3) is 0.577. The van der Waals surface area contributed by atoms with Crippen LogP contribution in [0.5, 0.6) is 0 Å². The van der Waals surface area contributed by atoms with Gasteiger partial charge in [0.25, 0.3) is 0 Å². The van der Waals surface area contributed by atoms with E-state index in [1.54, 1.807) is 11.9 Å². The third-order valence-electron chi connectivity index (χ3n) is 6.70. The smallest absolute Gasteiger partial charge is 0.246 e. The molecule has 1 aromatic rings. The maximum absolute atomic E-state index is 13.4. The maximum Gasteiger partial charge on any atom is 0.246 e. The van der Waals surface area contributed by atoms with Crippen molar-refractivity contribution in [1.82, 2.24) is 20.9 Å². The molecule has 7 nitrogen and oxygen atoms in total. The van der Waals surface area contributed by atoms with E-state index < -0.39 is 12.1 Å². The molecule has 1 aliphatic carbocycles. The van der Waals surface area contributed by atoms with Crippen LogP contribution in [-0.2, 0) is 20.8 Å². The number of amides is 3. The largest absolute Gasteiger partial charge is 0.347 e. The molecule has 0 unspecified atom stereocenters. The van der Waals surface area contributed by atoms with Crippen LogP contribution >= 0.6 is 0 Å². The van der Waals surface area contributed by atoms with Gasteiger partial charge in [-0.3, -0.25) is 14.4 Å². The summed E-state index contributed by atoms with van der Waals surface area (Å²) in [6.45, 7) is 2.49. The van der Waals surface area contributed by atoms with Crippen molar-refractivity contribution in [2.45, 2.75) is 82.5 Å². The van der Waals surface area contributed by atoms with Crippen LogP contribution in [0.15, 0.2) is 24.3 Å². The molecule has 0 aromatic heterocycles. The molecule has 0 bridgehead atoms. The number of hydrogen-bond donors (Lipinski definition) is 3. The van der Waals surface area contributed by atoms with Gasteiger partial charge in [0, 0.05) is 13.0 Å². The highest BCUT2D eigenvalue weighted by Gasteiger charge is 2.38. The summed E-state index contributed by atoms with van der Waals surface area (Å²) in [6.07, 6.45) is 11.4. The Kier molecular flexibility index (Phi) is 8.90. The van der Waals surface area contributed by atoms with Gasteiger partial charge in [-0.2, -0.15) is 0 Å². The van der Waals surface area contributed by atoms with Crippen LogP contribution in [0.4, 0.5) is 0 Å². The van der Waals surface area contributed by atoms with Gasteiger partial charge >= 0.3 is 0 Å². The van der Waals surface area contributed by atoms with E-state index in [4.69, 9.17) is 6.42 Å². The number of benzene rings is 1. The quantitative estimate of drug-likeness (QED) is 0.501. The Morgan fingerprint density at radius 1 is 1.18 bits per heavy atom. The molecule has 33 heavy (non-hydrogen) atoms. The molecular formula is C26H36N4O3. The number of carbonyl (C=O) groups is 3. The van der Waals surface area contributed by atoms with E-state index in [9.17, 15) is 14.4 Å². The van der Waals surface area contributed by atoms with Crippen LogP contribution in [0.1, 0.15) is 69.0 Å². The lowest BCUT2D eigenvalue weighted by molar-refractivity contribution is -0.141. The number of aryl methyl sites for hydroxylation is 1. The number of likely N-dealkylation sites (tertiary alicyclic amines) is 1. The summed E-state index contributed by atoms with van der Waals surface area (Å²) in [5.41, 5.74) is 2.44. The molecular weight excluding hydrogens is 416 g/mol. The number of terminal acetylenes is 1. The standard InChI is InChI=1S/C26H36N4O3/c1-4-10-21(27-3)24(31)29-22(11-5-2)26(33)30-17-9-16-23(30)25(32)28-20-15-8-13-18-12-6-7-14-19(18)20/h2,6-7,12,14,20-23,27H,4,8-11,13,15-17H2,1,3H3,(H,28,32)(H,29,31)/t20-,21+,22+,23+/m1/s1. The first-order valence-corrected chi connectivity index (χ1v) is 12.1. The van der Waals surface area contributed by atoms with Crippen LogP contribution in [0.2, 0.25) is 0 Å². The van der Waals surface area contributed by atoms with Gasteiger partial charge in [0.05, 0.1) is 12.1 Å². The molecule has 7 heteroatoms. The zero-order valence-electron chi connectivity index (χ0n) is 19.7. The summed E-state index contributed by atoms with van der Waals surface area (Å²) in [7, 11) is 1.72. The zero-order valence-corrected chi connectivity index (χ0v) is 19.7. The van der Waals surface area contributed by atoms with E-state index in [1.165, 1.54) is 11.1 Å². The molecule has 178 valence electrons. The van der Waals surface area contributed by atoms with Crippen LogP contribution in [0.25, 0.3) is 0 Å². The summed E-state index contributed by atoms with van der Waals surface area (Å²) in [5, 5.41) is 8.99. The summed E-state index contributed by atoms with van der Waals surface area (Å²) in [6, 6.07) is 6.42. The number of nitrogens with zero attached hydrogens (tertiary/aromatic N) is 1. The van der Waals surface area contributed by atoms with Crippen LogP contribution < -0.4 is 16.0 Å². The Morgan fingerprint density at radius 2 is 1.97 bits per heavy atom. The first-order valence-electron chi connectivity index (χ1n) is 12.1. The Balaban J connectivity index is 1.68. The highest BCUT2D eigenvalue weighted by Crippen LogP contribution is 2.30. The van der Waals surface area contributed by atoms with Gasteiger partial charge < -0.3 is 20.9 Å². The molecule has 3 rings (SSSR count). The van der Waals surface area contributed by atoms with E-state index in [2.05, 4.69) is 34.0 Å². The first kappa shape index (κ1) is 24.8. The summed E-state index contributed by atoms with van der Waals surface area (Å²) < 4.78 is 0. The molecule has 0 saturated carbocycles. The second-order valence-electron chi connectivity index (χ2n) is 8.94. The van der Waals surface area contributed by atoms with Gasteiger partial charge in [-0.15, -0.1) is 12.3 Å². The lowest BCUT2D eigenvalue weighted by Crippen LogP contribution is -2.56. The van der Waals surface area contributed by atoms with Crippen LogP contribution in [-0.4, -0.2) is 54.3 Å². The van der Waals surface area contributed by atoms with Crippen LogP contribution in [0.3, 0.4) is 0 Å². The van der Waals surface area contributed by atoms with Gasteiger partial charge in [0.15, 0.2) is 0 Å². The van der Waals surface area contributed by atoms with Crippen molar-refractivity contribution in [3.63, 3.8) is 0 Å². The normalized spacial score (nSPS) is 21.4. The van der Waals surface area contributed by atoms with Crippen molar-refractivity contribution in [3.05, 3.63) is 35.4 Å². The minimum Gasteiger partial charge on any atom is -0.347 e. The topological polar surface area (TPSA) is 90.5 Å². The lowest BCUT2D eigenvalue weighted by Gasteiger charge is -2.31. The third kappa shape index (κ3) is 5.94. The fourth-order valence-electron chi connectivity index (χ4n) is 4.96. The van der Waals surface area contributed by atoms with Gasteiger partial charge in [0.1, 0.15) is 12.1 Å². The zero-order chi connectivity index (χ0) is 23.8. The van der Waals surface area contributed by atoms with Crippen molar-refractivity contribution in [2.75, 3.05) is 13.6 Å². The van der Waals surface area contributed by atoms with E-state index in [-0.39, 0.29) is 36.2 Å². The molecule has 1 aliphatic heterocycles. The highest BCUT2D eigenvalue weighted by atomic mass is 16.2. The second-order valence-corrected chi connectivity index (χ2v) is 8.94. The molecule has 0 radical (unpaired) electrons. The Morgan fingerprint density at radius 3 is 2.70 bits per heavy atom. The number of fused-ring (bicyclic) bond motifs is 1. The maximum atomic E-state index is 13.4. The van der Waals surface area contributed by atoms with Crippen molar-refractivity contribution in [3.8, 4) is 12.3 Å². The first-order chi connectivity index (χ1) is 16.0. The van der Waals surface area contributed by atoms with E-state index in [0.717, 1.165) is 32.1 Å². The lowest BCUT2D eigenvalue weighted by atomic mass is 9.87. The minimum atomic E-state index is -0.834. The molecule has 2 aliphatic rings. The van der Waals surface area contributed by atoms with Crippen molar-refractivity contribution < 1.29 is 14.4 Å². The summed E-state index contributed by atoms with van der Waals surface area (Å²) in [4.78, 5) is 40.9. The summed E-state index contributed by atoms with van der Waals surface area (Å²) in [5.74, 6) is 1.85. The summed E-state index contributed by atoms with van der Waals surface area (Å²) >= 11 is 0. The molecule has 3 amide bonds. The number of carbonyl (C=O) groups excluding carboxylic acids is 3. The number of nitrogens with one attached hydrogen (secondary N) is 3. The molecule has 1 heterocycles. The van der Waals surface area contributed by atoms with E-state index in [1.807, 2.05) is 19.1 Å². The van der Waals surface area contributed by atoms with E-state index in [0.29, 0.717) is 19.4 Å². The number of likely N-dealkylation sites (N-methyl/N-ethyl adjacent to an activating group) is 1. The van der Waals surface area contributed by atoms with Gasteiger partial charge in [0.2, 0.25) is 17.7 Å². The predicted molar refractivity (Wildman–Crippen MR) is 128 cm³/mol. The van der Waals surface area contributed by atoms with Crippen molar-refractivity contribution in [1.29, 1.82) is 0 Å². The third-order valence-corrected chi connectivity index (χ3v) is 6.70. The molecule has 1 fully saturated rings. The SMILES string of the molecule is C#CC[C@H](NC(=O)[C@H](CCC)NC)C(=O)N1CCC[C@H]1C(=O)N[C@@H]1CCCc2ccccc21. The van der Waals surface area contributed by atoms with Crippen LogP contribution in [0, 0.1) is 12.3 Å². The van der Waals surface area contributed by atoms with E-state index >= 15 is 0 Å². The molecule has 1 aromatic carbocycles. The Hall–Kier alpha value is -2.85. The average Bonchev–Trinajstić information content (AvgIpc) is 3.32. The van der Waals surface area contributed by atoms with Crippen molar-refractivity contribution in [2.24, 2.45) is 0 Å². The molecule has 1 saturated heterocycles. The second kappa shape index (κ2) is 11.9. The molecule has 4 atom stereocenters. The van der Waals surface area contributed by atoms with Gasteiger partial charge in [-0.05, 0) is 56.7 Å². The van der Waals surface area contributed by atoms with Gasteiger partial charge in [-0.1, -0.05) is 37.6 Å². The Labute approximate surface area is 197 Å². The fourth-order valence-corrected chi connectivity index (χ4v) is 4.96. The Bertz CT molecular complexity index is 894. The number of hydrogen-bond acceptors (Lipinski definition) is 4. The molecule has 0 spiro atoms. The minimum absolute atomic E-state index is 0.0355. The molecule has 3 N–H and O–H groups in total.